The van der Waals surface area contributed by atoms with Crippen LogP contribution in [0, 0.1) is 5.92 Å². The highest BCUT2D eigenvalue weighted by Gasteiger charge is 2.14. The summed E-state index contributed by atoms with van der Waals surface area (Å²) in [6, 6.07) is 8.50. The highest BCUT2D eigenvalue weighted by atomic mass is 16.5. The molecule has 1 aliphatic rings. The fourth-order valence-electron chi connectivity index (χ4n) is 2.74. The molecule has 1 aromatic rings. The Bertz CT molecular complexity index is 371. The second kappa shape index (κ2) is 7.54. The maximum absolute atomic E-state index is 6.04. The van der Waals surface area contributed by atoms with Crippen LogP contribution in [0.4, 0.5) is 0 Å². The molecule has 0 spiro atoms. The van der Waals surface area contributed by atoms with Gasteiger partial charge in [0.15, 0.2) is 0 Å². The lowest BCUT2D eigenvalue weighted by atomic mass is 9.96. The summed E-state index contributed by atoms with van der Waals surface area (Å²) in [7, 11) is 0. The summed E-state index contributed by atoms with van der Waals surface area (Å²) in [6.45, 7) is 7.70. The van der Waals surface area contributed by atoms with Crippen LogP contribution in [0.3, 0.4) is 0 Å². The smallest absolute Gasteiger partial charge is 0.122 e. The van der Waals surface area contributed by atoms with E-state index in [4.69, 9.17) is 4.74 Å². The minimum Gasteiger partial charge on any atom is -0.493 e. The fourth-order valence-corrected chi connectivity index (χ4v) is 2.74. The van der Waals surface area contributed by atoms with Crippen LogP contribution in [0.15, 0.2) is 24.3 Å². The average Bonchev–Trinajstić information content (AvgIpc) is 2.48. The van der Waals surface area contributed by atoms with E-state index >= 15 is 0 Å². The van der Waals surface area contributed by atoms with E-state index in [9.17, 15) is 0 Å². The van der Waals surface area contributed by atoms with Crippen molar-refractivity contribution in [3.63, 3.8) is 0 Å². The van der Waals surface area contributed by atoms with E-state index in [1.54, 1.807) is 0 Å². The van der Waals surface area contributed by atoms with Crippen LogP contribution in [0.5, 0.6) is 5.75 Å². The molecule has 0 aromatic heterocycles. The lowest BCUT2D eigenvalue weighted by Gasteiger charge is -2.23. The molecule has 2 atom stereocenters. The summed E-state index contributed by atoms with van der Waals surface area (Å²) in [5.74, 6) is 2.46. The third-order valence-electron chi connectivity index (χ3n) is 4.24. The van der Waals surface area contributed by atoms with Crippen LogP contribution in [-0.2, 0) is 0 Å². The molecule has 0 radical (unpaired) electrons. The minimum absolute atomic E-state index is 0.576. The van der Waals surface area contributed by atoms with Gasteiger partial charge >= 0.3 is 0 Å². The Balaban J connectivity index is 1.84. The first-order chi connectivity index (χ1) is 9.31. The second-order valence-corrected chi connectivity index (χ2v) is 5.70. The van der Waals surface area contributed by atoms with Gasteiger partial charge in [-0.2, -0.15) is 0 Å². The largest absolute Gasteiger partial charge is 0.493 e. The minimum atomic E-state index is 0.576. The number of para-hydroxylation sites is 1. The van der Waals surface area contributed by atoms with Crippen LogP contribution in [0.1, 0.15) is 51.0 Å². The van der Waals surface area contributed by atoms with Crippen LogP contribution >= 0.6 is 0 Å². The molecule has 2 nitrogen and oxygen atoms in total. The Morgan fingerprint density at radius 2 is 2.21 bits per heavy atom. The molecule has 106 valence electrons. The first-order valence-corrected chi connectivity index (χ1v) is 7.73. The van der Waals surface area contributed by atoms with Crippen molar-refractivity contribution in [2.45, 2.75) is 45.4 Å². The Morgan fingerprint density at radius 3 is 2.95 bits per heavy atom. The van der Waals surface area contributed by atoms with Crippen LogP contribution in [-0.4, -0.2) is 19.7 Å². The van der Waals surface area contributed by atoms with Gasteiger partial charge in [-0.05, 0) is 62.2 Å². The van der Waals surface area contributed by atoms with Crippen molar-refractivity contribution in [3.8, 4) is 5.75 Å². The predicted molar refractivity (Wildman–Crippen MR) is 80.9 cm³/mol. The van der Waals surface area contributed by atoms with E-state index in [0.717, 1.165) is 31.2 Å². The Hall–Kier alpha value is -1.02. The van der Waals surface area contributed by atoms with Gasteiger partial charge in [0.2, 0.25) is 0 Å². The van der Waals surface area contributed by atoms with Crippen molar-refractivity contribution in [3.05, 3.63) is 29.8 Å². The van der Waals surface area contributed by atoms with E-state index < -0.39 is 0 Å². The standard InChI is InChI=1S/C17H27NO/c1-3-14(2)16-8-4-5-9-17(16)19-12-10-15-7-6-11-18-13-15/h4-5,8-9,14-15,18H,3,6-7,10-13H2,1-2H3/t14-,15+/m1/s1. The van der Waals surface area contributed by atoms with E-state index in [2.05, 4.69) is 43.4 Å². The average molecular weight is 261 g/mol. The van der Waals surface area contributed by atoms with Crippen molar-refractivity contribution < 1.29 is 4.74 Å². The molecular weight excluding hydrogens is 234 g/mol. The maximum Gasteiger partial charge on any atom is 0.122 e. The van der Waals surface area contributed by atoms with Crippen molar-refractivity contribution in [1.82, 2.24) is 5.32 Å². The van der Waals surface area contributed by atoms with Crippen molar-refractivity contribution in [1.29, 1.82) is 0 Å². The number of hydrogen-bond donors (Lipinski definition) is 1. The zero-order valence-corrected chi connectivity index (χ0v) is 12.3. The van der Waals surface area contributed by atoms with Gasteiger partial charge in [-0.1, -0.05) is 32.0 Å². The Kier molecular flexibility index (Phi) is 5.71. The zero-order chi connectivity index (χ0) is 13.5. The molecule has 1 fully saturated rings. The van der Waals surface area contributed by atoms with Crippen LogP contribution in [0.25, 0.3) is 0 Å². The molecule has 0 amide bonds. The monoisotopic (exact) mass is 261 g/mol. The number of ether oxygens (including phenoxy) is 1. The summed E-state index contributed by atoms with van der Waals surface area (Å²) >= 11 is 0. The van der Waals surface area contributed by atoms with E-state index in [-0.39, 0.29) is 0 Å². The molecule has 1 aromatic carbocycles. The summed E-state index contributed by atoms with van der Waals surface area (Å²) in [5, 5.41) is 3.47. The predicted octanol–water partition coefficient (Wildman–Crippen LogP) is 3.97. The number of rotatable bonds is 6. The molecule has 1 aliphatic heterocycles. The van der Waals surface area contributed by atoms with Gasteiger partial charge in [-0.25, -0.2) is 0 Å². The SMILES string of the molecule is CC[C@@H](C)c1ccccc1OCC[C@@H]1CCCNC1. The van der Waals surface area contributed by atoms with Crippen LogP contribution < -0.4 is 10.1 Å². The molecule has 1 N–H and O–H groups in total. The highest BCUT2D eigenvalue weighted by molar-refractivity contribution is 5.35. The number of hydrogen-bond acceptors (Lipinski definition) is 2. The van der Waals surface area contributed by atoms with Gasteiger partial charge in [-0.3, -0.25) is 0 Å². The third-order valence-corrected chi connectivity index (χ3v) is 4.24. The third kappa shape index (κ3) is 4.24. The van der Waals surface area contributed by atoms with E-state index in [1.807, 2.05) is 0 Å². The molecule has 1 saturated heterocycles. The maximum atomic E-state index is 6.04. The molecular formula is C17H27NO. The number of benzene rings is 1. The quantitative estimate of drug-likeness (QED) is 0.836. The number of nitrogens with one attached hydrogen (secondary N) is 1. The molecule has 0 saturated carbocycles. The molecule has 2 heteroatoms. The van der Waals surface area contributed by atoms with Gasteiger partial charge in [0.05, 0.1) is 6.61 Å². The molecule has 2 rings (SSSR count). The molecule has 0 bridgehead atoms. The van der Waals surface area contributed by atoms with Crippen molar-refractivity contribution >= 4 is 0 Å². The van der Waals surface area contributed by atoms with Crippen molar-refractivity contribution in [2.24, 2.45) is 5.92 Å². The molecule has 0 aliphatic carbocycles. The van der Waals surface area contributed by atoms with Gasteiger partial charge in [0.1, 0.15) is 5.75 Å². The highest BCUT2D eigenvalue weighted by Crippen LogP contribution is 2.28. The fraction of sp³-hybridized carbons (Fsp3) is 0.647. The zero-order valence-electron chi connectivity index (χ0n) is 12.3. The molecule has 19 heavy (non-hydrogen) atoms. The second-order valence-electron chi connectivity index (χ2n) is 5.70. The lowest BCUT2D eigenvalue weighted by molar-refractivity contribution is 0.251. The van der Waals surface area contributed by atoms with Gasteiger partial charge in [0.25, 0.3) is 0 Å². The van der Waals surface area contributed by atoms with Crippen molar-refractivity contribution in [2.75, 3.05) is 19.7 Å². The van der Waals surface area contributed by atoms with Gasteiger partial charge in [-0.15, -0.1) is 0 Å². The summed E-state index contributed by atoms with van der Waals surface area (Å²) in [6.07, 6.45) is 4.99. The summed E-state index contributed by atoms with van der Waals surface area (Å²) in [4.78, 5) is 0. The first-order valence-electron chi connectivity index (χ1n) is 7.73. The topological polar surface area (TPSA) is 21.3 Å². The number of piperidine rings is 1. The van der Waals surface area contributed by atoms with Gasteiger partial charge in [0, 0.05) is 0 Å². The Morgan fingerprint density at radius 1 is 1.37 bits per heavy atom. The first kappa shape index (κ1) is 14.4. The Labute approximate surface area is 117 Å². The van der Waals surface area contributed by atoms with E-state index in [0.29, 0.717) is 5.92 Å². The summed E-state index contributed by atoms with van der Waals surface area (Å²) < 4.78 is 6.04. The lowest BCUT2D eigenvalue weighted by Crippen LogP contribution is -2.30. The van der Waals surface area contributed by atoms with Crippen LogP contribution in [0.2, 0.25) is 0 Å². The van der Waals surface area contributed by atoms with E-state index in [1.165, 1.54) is 31.4 Å². The molecule has 0 unspecified atom stereocenters. The normalized spacial score (nSPS) is 21.1. The van der Waals surface area contributed by atoms with Gasteiger partial charge < -0.3 is 10.1 Å². The molecule has 1 heterocycles. The summed E-state index contributed by atoms with van der Waals surface area (Å²) in [5.41, 5.74) is 1.35.